The third-order valence-electron chi connectivity index (χ3n) is 4.87. The summed E-state index contributed by atoms with van der Waals surface area (Å²) in [5.74, 6) is 0.148. The topological polar surface area (TPSA) is 41.1 Å². The number of hydrogen-bond donors (Lipinski definition) is 2. The van der Waals surface area contributed by atoms with Crippen LogP contribution >= 0.6 is 12.4 Å². The van der Waals surface area contributed by atoms with Crippen LogP contribution in [0.3, 0.4) is 0 Å². The zero-order valence-electron chi connectivity index (χ0n) is 12.8. The lowest BCUT2D eigenvalue weighted by molar-refractivity contribution is -0.126. The van der Waals surface area contributed by atoms with Gasteiger partial charge in [-0.2, -0.15) is 0 Å². The van der Waals surface area contributed by atoms with Gasteiger partial charge in [0, 0.05) is 18.1 Å². The third-order valence-corrected chi connectivity index (χ3v) is 4.87. The second-order valence-electron chi connectivity index (χ2n) is 6.77. The van der Waals surface area contributed by atoms with Gasteiger partial charge in [0.15, 0.2) is 0 Å². The van der Waals surface area contributed by atoms with Gasteiger partial charge in [-0.1, -0.05) is 30.3 Å². The van der Waals surface area contributed by atoms with Crippen LogP contribution in [0.4, 0.5) is 0 Å². The highest BCUT2D eigenvalue weighted by atomic mass is 35.5. The van der Waals surface area contributed by atoms with E-state index in [1.54, 1.807) is 0 Å². The first-order valence-corrected chi connectivity index (χ1v) is 7.68. The molecule has 0 saturated carbocycles. The molecule has 2 aliphatic heterocycles. The van der Waals surface area contributed by atoms with Crippen LogP contribution in [0.1, 0.15) is 45.1 Å². The molecule has 0 spiro atoms. The average Bonchev–Trinajstić information content (AvgIpc) is 2.79. The van der Waals surface area contributed by atoms with E-state index in [2.05, 4.69) is 10.6 Å². The van der Waals surface area contributed by atoms with E-state index < -0.39 is 5.41 Å². The zero-order chi connectivity index (χ0) is 14.2. The van der Waals surface area contributed by atoms with E-state index in [4.69, 9.17) is 0 Å². The van der Waals surface area contributed by atoms with E-state index in [-0.39, 0.29) is 18.3 Å². The number of carbonyl (C=O) groups is 1. The third kappa shape index (κ3) is 3.41. The monoisotopic (exact) mass is 308 g/mol. The Morgan fingerprint density at radius 3 is 2.29 bits per heavy atom. The van der Waals surface area contributed by atoms with Gasteiger partial charge >= 0.3 is 0 Å². The van der Waals surface area contributed by atoms with Gasteiger partial charge in [0.1, 0.15) is 0 Å². The van der Waals surface area contributed by atoms with Crippen LogP contribution in [0, 0.1) is 0 Å². The first-order valence-electron chi connectivity index (χ1n) is 7.68. The van der Waals surface area contributed by atoms with Crippen molar-refractivity contribution in [3.05, 3.63) is 35.9 Å². The molecule has 1 aromatic carbocycles. The van der Waals surface area contributed by atoms with Crippen molar-refractivity contribution in [2.45, 2.75) is 63.1 Å². The Morgan fingerprint density at radius 2 is 1.71 bits per heavy atom. The highest BCUT2D eigenvalue weighted by Crippen LogP contribution is 2.28. The second kappa shape index (κ2) is 6.37. The molecule has 4 heteroatoms. The normalized spacial score (nSPS) is 27.8. The Bertz CT molecular complexity index is 477. The number of piperidine rings is 1. The van der Waals surface area contributed by atoms with Crippen LogP contribution in [-0.2, 0) is 10.2 Å². The summed E-state index contributed by atoms with van der Waals surface area (Å²) in [6.07, 6.45) is 4.68. The minimum absolute atomic E-state index is 0. The predicted molar refractivity (Wildman–Crippen MR) is 87.8 cm³/mol. The highest BCUT2D eigenvalue weighted by Gasteiger charge is 2.37. The molecule has 2 aliphatic rings. The van der Waals surface area contributed by atoms with Crippen molar-refractivity contribution < 1.29 is 4.79 Å². The van der Waals surface area contributed by atoms with Crippen LogP contribution in [0.2, 0.25) is 0 Å². The summed E-state index contributed by atoms with van der Waals surface area (Å²) < 4.78 is 0. The number of hydrogen-bond acceptors (Lipinski definition) is 2. The Hall–Kier alpha value is -1.06. The van der Waals surface area contributed by atoms with Crippen LogP contribution in [0.5, 0.6) is 0 Å². The molecule has 0 aromatic heterocycles. The summed E-state index contributed by atoms with van der Waals surface area (Å²) >= 11 is 0. The van der Waals surface area contributed by atoms with E-state index >= 15 is 0 Å². The Kier molecular flexibility index (Phi) is 4.95. The molecule has 116 valence electrons. The first-order chi connectivity index (χ1) is 9.55. The van der Waals surface area contributed by atoms with Gasteiger partial charge in [-0.05, 0) is 45.1 Å². The van der Waals surface area contributed by atoms with E-state index in [0.29, 0.717) is 18.1 Å². The summed E-state index contributed by atoms with van der Waals surface area (Å²) in [4.78, 5) is 12.6. The first kappa shape index (κ1) is 16.3. The largest absolute Gasteiger partial charge is 0.352 e. The zero-order valence-corrected chi connectivity index (χ0v) is 13.6. The van der Waals surface area contributed by atoms with Crippen molar-refractivity contribution in [2.24, 2.45) is 0 Å². The van der Waals surface area contributed by atoms with Gasteiger partial charge in [0.05, 0.1) is 5.41 Å². The molecule has 1 amide bonds. The number of halogens is 1. The maximum Gasteiger partial charge on any atom is 0.230 e. The molecule has 21 heavy (non-hydrogen) atoms. The summed E-state index contributed by atoms with van der Waals surface area (Å²) in [6, 6.07) is 11.6. The van der Waals surface area contributed by atoms with E-state index in [0.717, 1.165) is 18.4 Å². The van der Waals surface area contributed by atoms with Gasteiger partial charge in [-0.25, -0.2) is 0 Å². The second-order valence-corrected chi connectivity index (χ2v) is 6.77. The number of benzene rings is 1. The molecule has 3 nitrogen and oxygen atoms in total. The number of carbonyl (C=O) groups excluding carboxylic acids is 1. The van der Waals surface area contributed by atoms with Crippen molar-refractivity contribution in [3.63, 3.8) is 0 Å². The minimum Gasteiger partial charge on any atom is -0.352 e. The molecular weight excluding hydrogens is 284 g/mol. The number of nitrogens with one attached hydrogen (secondary N) is 2. The number of fused-ring (bicyclic) bond motifs is 2. The smallest absolute Gasteiger partial charge is 0.230 e. The van der Waals surface area contributed by atoms with E-state index in [9.17, 15) is 4.79 Å². The Balaban J connectivity index is 0.00000161. The maximum atomic E-state index is 12.6. The summed E-state index contributed by atoms with van der Waals surface area (Å²) in [6.45, 7) is 4.01. The summed E-state index contributed by atoms with van der Waals surface area (Å²) in [7, 11) is 0. The fourth-order valence-electron chi connectivity index (χ4n) is 3.53. The van der Waals surface area contributed by atoms with E-state index in [1.807, 2.05) is 44.2 Å². The van der Waals surface area contributed by atoms with Gasteiger partial charge in [-0.3, -0.25) is 4.79 Å². The van der Waals surface area contributed by atoms with Crippen molar-refractivity contribution in [2.75, 3.05) is 0 Å². The lowest BCUT2D eigenvalue weighted by Crippen LogP contribution is -2.51. The fourth-order valence-corrected chi connectivity index (χ4v) is 3.53. The van der Waals surface area contributed by atoms with Crippen molar-refractivity contribution >= 4 is 18.3 Å². The highest BCUT2D eigenvalue weighted by molar-refractivity contribution is 5.87. The molecule has 2 unspecified atom stereocenters. The lowest BCUT2D eigenvalue weighted by Gasteiger charge is -2.33. The van der Waals surface area contributed by atoms with Crippen LogP contribution in [0.15, 0.2) is 30.3 Å². The molecule has 2 heterocycles. The molecule has 1 aromatic rings. The fraction of sp³-hybridized carbons (Fsp3) is 0.588. The molecule has 2 atom stereocenters. The van der Waals surface area contributed by atoms with Crippen LogP contribution < -0.4 is 10.6 Å². The van der Waals surface area contributed by atoms with Crippen LogP contribution in [0.25, 0.3) is 0 Å². The molecule has 2 N–H and O–H groups in total. The van der Waals surface area contributed by atoms with E-state index in [1.165, 1.54) is 12.8 Å². The molecular formula is C17H25ClN2O. The van der Waals surface area contributed by atoms with Gasteiger partial charge in [-0.15, -0.1) is 12.4 Å². The van der Waals surface area contributed by atoms with Crippen molar-refractivity contribution in [1.29, 1.82) is 0 Å². The minimum atomic E-state index is -0.467. The van der Waals surface area contributed by atoms with Gasteiger partial charge in [0.25, 0.3) is 0 Å². The van der Waals surface area contributed by atoms with Crippen LogP contribution in [-0.4, -0.2) is 24.0 Å². The van der Waals surface area contributed by atoms with Gasteiger partial charge < -0.3 is 10.6 Å². The molecule has 2 saturated heterocycles. The molecule has 3 rings (SSSR count). The predicted octanol–water partition coefficient (Wildman–Crippen LogP) is 2.79. The number of rotatable bonds is 3. The van der Waals surface area contributed by atoms with Gasteiger partial charge in [0.2, 0.25) is 5.91 Å². The maximum absolute atomic E-state index is 12.6. The molecule has 0 radical (unpaired) electrons. The lowest BCUT2D eigenvalue weighted by atomic mass is 9.83. The average molecular weight is 309 g/mol. The van der Waals surface area contributed by atoms with Crippen molar-refractivity contribution in [1.82, 2.24) is 10.6 Å². The molecule has 2 fully saturated rings. The summed E-state index contributed by atoms with van der Waals surface area (Å²) in [5, 5.41) is 6.89. The molecule has 0 aliphatic carbocycles. The molecule has 2 bridgehead atoms. The Labute approximate surface area is 133 Å². The van der Waals surface area contributed by atoms with Crippen molar-refractivity contribution in [3.8, 4) is 0 Å². The Morgan fingerprint density at radius 1 is 1.14 bits per heavy atom. The quantitative estimate of drug-likeness (QED) is 0.901. The summed E-state index contributed by atoms with van der Waals surface area (Å²) in [5.41, 5.74) is 0.611. The number of amides is 1. The SMILES string of the molecule is CC(C)(C(=O)NC1CC2CCC(C1)N2)c1ccccc1.Cl. The standard InChI is InChI=1S/C17H24N2O.ClH/c1-17(2,12-6-4-3-5-7-12)16(20)19-15-10-13-8-9-14(11-15)18-13;/h3-7,13-15,18H,8-11H2,1-2H3,(H,19,20);1H.